The topological polar surface area (TPSA) is 46.1 Å². The van der Waals surface area contributed by atoms with Gasteiger partial charge in [0.1, 0.15) is 0 Å². The lowest BCUT2D eigenvalue weighted by molar-refractivity contribution is 0.265. The van der Waals surface area contributed by atoms with Crippen LogP contribution in [0, 0.1) is 13.8 Å². The number of hydrogen-bond acceptors (Lipinski definition) is 3. The number of anilines is 1. The van der Waals surface area contributed by atoms with Crippen LogP contribution in [-0.4, -0.2) is 22.4 Å². The van der Waals surface area contributed by atoms with E-state index in [1.807, 2.05) is 6.92 Å². The van der Waals surface area contributed by atoms with Crippen LogP contribution in [0.1, 0.15) is 11.4 Å². The summed E-state index contributed by atoms with van der Waals surface area (Å²) < 4.78 is 0. The predicted octanol–water partition coefficient (Wildman–Crippen LogP) is 1.89. The summed E-state index contributed by atoms with van der Waals surface area (Å²) in [5.41, 5.74) is 1.44. The fourth-order valence-electron chi connectivity index (χ4n) is 0.926. The van der Waals surface area contributed by atoms with Crippen molar-refractivity contribution in [2.45, 2.75) is 13.8 Å². The summed E-state index contributed by atoms with van der Waals surface area (Å²) in [6.07, 6.45) is 1.64. The molecule has 13 heavy (non-hydrogen) atoms. The molecule has 0 atom stereocenters. The second-order valence-electron chi connectivity index (χ2n) is 2.73. The van der Waals surface area contributed by atoms with Crippen LogP contribution in [0.2, 0.25) is 0 Å². The third-order valence-corrected chi connectivity index (χ3v) is 1.89. The maximum Gasteiger partial charge on any atom is 0.321 e. The minimum absolute atomic E-state index is 0.500. The van der Waals surface area contributed by atoms with Gasteiger partial charge in [-0.15, -0.1) is 0 Å². The molecule has 0 aliphatic rings. The molecule has 1 heterocycles. The standard InChI is InChI=1S/C8H10ClN3O/c1-5-4-10-6(2)7(11-5)12(3)8(9)13/h4H,1-3H3. The van der Waals surface area contributed by atoms with Crippen LogP contribution < -0.4 is 4.90 Å². The Balaban J connectivity index is 3.12. The fourth-order valence-corrected chi connectivity index (χ4v) is 1.01. The van der Waals surface area contributed by atoms with Crippen molar-refractivity contribution < 1.29 is 4.79 Å². The SMILES string of the molecule is Cc1cnc(C)c(N(C)C(=O)Cl)n1. The Morgan fingerprint density at radius 3 is 2.69 bits per heavy atom. The maximum atomic E-state index is 10.8. The molecule has 0 unspecified atom stereocenters. The van der Waals surface area contributed by atoms with E-state index in [4.69, 9.17) is 11.6 Å². The molecule has 0 radical (unpaired) electrons. The number of aryl methyl sites for hydroxylation is 2. The summed E-state index contributed by atoms with van der Waals surface area (Å²) in [4.78, 5) is 20.3. The van der Waals surface area contributed by atoms with Gasteiger partial charge in [-0.25, -0.2) is 4.98 Å². The van der Waals surface area contributed by atoms with Gasteiger partial charge in [0.15, 0.2) is 5.82 Å². The summed E-state index contributed by atoms with van der Waals surface area (Å²) in [6.45, 7) is 3.58. The molecule has 0 aromatic carbocycles. The van der Waals surface area contributed by atoms with E-state index in [0.29, 0.717) is 11.5 Å². The number of hydrogen-bond donors (Lipinski definition) is 0. The highest BCUT2D eigenvalue weighted by molar-refractivity contribution is 6.66. The van der Waals surface area contributed by atoms with E-state index >= 15 is 0 Å². The van der Waals surface area contributed by atoms with Crippen molar-refractivity contribution in [1.29, 1.82) is 0 Å². The van der Waals surface area contributed by atoms with Crippen LogP contribution in [-0.2, 0) is 0 Å². The highest BCUT2D eigenvalue weighted by Gasteiger charge is 2.12. The van der Waals surface area contributed by atoms with Crippen LogP contribution in [0.15, 0.2) is 6.20 Å². The summed E-state index contributed by atoms with van der Waals surface area (Å²) in [6, 6.07) is 0. The molecule has 0 saturated heterocycles. The summed E-state index contributed by atoms with van der Waals surface area (Å²) in [5.74, 6) is 0.500. The van der Waals surface area contributed by atoms with Crippen LogP contribution >= 0.6 is 11.6 Å². The third-order valence-electron chi connectivity index (χ3n) is 1.63. The van der Waals surface area contributed by atoms with Gasteiger partial charge in [0.05, 0.1) is 11.4 Å². The first-order chi connectivity index (χ1) is 6.02. The van der Waals surface area contributed by atoms with E-state index < -0.39 is 5.37 Å². The van der Waals surface area contributed by atoms with Crippen LogP contribution in [0.25, 0.3) is 0 Å². The van der Waals surface area contributed by atoms with Gasteiger partial charge in [0.2, 0.25) is 0 Å². The number of aromatic nitrogens is 2. The van der Waals surface area contributed by atoms with Crippen LogP contribution in [0.3, 0.4) is 0 Å². The van der Waals surface area contributed by atoms with Crippen molar-refractivity contribution in [3.05, 3.63) is 17.6 Å². The second-order valence-corrected chi connectivity index (χ2v) is 3.06. The molecule has 1 aromatic rings. The molecule has 1 aromatic heterocycles. The average molecular weight is 200 g/mol. The second kappa shape index (κ2) is 3.70. The highest BCUT2D eigenvalue weighted by Crippen LogP contribution is 2.14. The third kappa shape index (κ3) is 2.15. The summed E-state index contributed by atoms with van der Waals surface area (Å²) >= 11 is 5.31. The number of nitrogens with zero attached hydrogens (tertiary/aromatic N) is 3. The lowest BCUT2D eigenvalue weighted by Crippen LogP contribution is -2.22. The Bertz CT molecular complexity index is 340. The first-order valence-corrected chi connectivity index (χ1v) is 4.13. The summed E-state index contributed by atoms with van der Waals surface area (Å²) in [7, 11) is 1.56. The molecule has 4 nitrogen and oxygen atoms in total. The molecule has 0 aliphatic carbocycles. The van der Waals surface area contributed by atoms with Crippen molar-refractivity contribution in [3.8, 4) is 0 Å². The molecular weight excluding hydrogens is 190 g/mol. The quantitative estimate of drug-likeness (QED) is 0.513. The number of amides is 1. The predicted molar refractivity (Wildman–Crippen MR) is 51.2 cm³/mol. The van der Waals surface area contributed by atoms with E-state index in [9.17, 15) is 4.79 Å². The number of rotatable bonds is 1. The zero-order valence-corrected chi connectivity index (χ0v) is 8.46. The van der Waals surface area contributed by atoms with Crippen molar-refractivity contribution in [1.82, 2.24) is 9.97 Å². The first kappa shape index (κ1) is 9.92. The van der Waals surface area contributed by atoms with Gasteiger partial charge in [0.25, 0.3) is 0 Å². The van der Waals surface area contributed by atoms with Crippen LogP contribution in [0.4, 0.5) is 10.6 Å². The molecule has 5 heteroatoms. The molecule has 0 spiro atoms. The Morgan fingerprint density at radius 1 is 1.54 bits per heavy atom. The number of carbonyl (C=O) groups excluding carboxylic acids is 1. The monoisotopic (exact) mass is 199 g/mol. The Labute approximate surface area is 81.6 Å². The maximum absolute atomic E-state index is 10.8. The average Bonchev–Trinajstić information content (AvgIpc) is 2.08. The number of carbonyl (C=O) groups is 1. The zero-order valence-electron chi connectivity index (χ0n) is 7.71. The lowest BCUT2D eigenvalue weighted by Gasteiger charge is -2.14. The van der Waals surface area contributed by atoms with E-state index in [0.717, 1.165) is 5.69 Å². The molecule has 1 rings (SSSR count). The number of halogens is 1. The Kier molecular flexibility index (Phi) is 2.83. The zero-order chi connectivity index (χ0) is 10.0. The van der Waals surface area contributed by atoms with Crippen LogP contribution in [0.5, 0.6) is 0 Å². The van der Waals surface area contributed by atoms with Gasteiger partial charge in [0, 0.05) is 13.2 Å². The molecular formula is C8H10ClN3O. The molecule has 0 fully saturated rings. The van der Waals surface area contributed by atoms with Crippen molar-refractivity contribution >= 4 is 22.8 Å². The molecule has 1 amide bonds. The largest absolute Gasteiger partial charge is 0.321 e. The molecule has 0 aliphatic heterocycles. The minimum Gasteiger partial charge on any atom is -0.285 e. The van der Waals surface area contributed by atoms with Gasteiger partial charge in [-0.05, 0) is 25.4 Å². The summed E-state index contributed by atoms with van der Waals surface area (Å²) in [5, 5.41) is -0.567. The van der Waals surface area contributed by atoms with Crippen molar-refractivity contribution in [2.75, 3.05) is 11.9 Å². The van der Waals surface area contributed by atoms with Crippen molar-refractivity contribution in [3.63, 3.8) is 0 Å². The Morgan fingerprint density at radius 2 is 2.15 bits per heavy atom. The van der Waals surface area contributed by atoms with Crippen molar-refractivity contribution in [2.24, 2.45) is 0 Å². The van der Waals surface area contributed by atoms with Gasteiger partial charge in [-0.2, -0.15) is 0 Å². The van der Waals surface area contributed by atoms with E-state index in [1.54, 1.807) is 20.2 Å². The normalized spacial score (nSPS) is 9.85. The fraction of sp³-hybridized carbons (Fsp3) is 0.375. The van der Waals surface area contributed by atoms with Gasteiger partial charge in [-0.1, -0.05) is 0 Å². The lowest BCUT2D eigenvalue weighted by atomic mass is 10.4. The van der Waals surface area contributed by atoms with E-state index in [-0.39, 0.29) is 0 Å². The van der Waals surface area contributed by atoms with Gasteiger partial charge in [-0.3, -0.25) is 14.7 Å². The minimum atomic E-state index is -0.567. The van der Waals surface area contributed by atoms with Gasteiger partial charge >= 0.3 is 5.37 Å². The molecule has 0 saturated carbocycles. The molecule has 70 valence electrons. The first-order valence-electron chi connectivity index (χ1n) is 3.76. The smallest absolute Gasteiger partial charge is 0.285 e. The van der Waals surface area contributed by atoms with E-state index in [2.05, 4.69) is 9.97 Å². The van der Waals surface area contributed by atoms with Gasteiger partial charge < -0.3 is 0 Å². The van der Waals surface area contributed by atoms with E-state index in [1.165, 1.54) is 4.90 Å². The highest BCUT2D eigenvalue weighted by atomic mass is 35.5. The molecule has 0 bridgehead atoms. The molecule has 0 N–H and O–H groups in total. The Hall–Kier alpha value is -1.16.